The minimum absolute atomic E-state index is 0.0939. The van der Waals surface area contributed by atoms with Crippen LogP contribution in [0.15, 0.2) is 22.6 Å². The number of methoxy groups -OCH3 is 1. The van der Waals surface area contributed by atoms with Crippen LogP contribution in [0.4, 0.5) is 0 Å². The zero-order valence-corrected chi connectivity index (χ0v) is 7.44. The summed E-state index contributed by atoms with van der Waals surface area (Å²) < 4.78 is 9.85. The molecule has 0 atom stereocenters. The number of nitrogens with zero attached hydrogens (tertiary/aromatic N) is 1. The van der Waals surface area contributed by atoms with E-state index >= 15 is 0 Å². The fourth-order valence-corrected chi connectivity index (χ4v) is 1.31. The molecule has 1 N–H and O–H groups in total. The van der Waals surface area contributed by atoms with Crippen molar-refractivity contribution in [2.75, 3.05) is 7.11 Å². The predicted molar refractivity (Wildman–Crippen MR) is 49.1 cm³/mol. The van der Waals surface area contributed by atoms with Gasteiger partial charge in [0.1, 0.15) is 11.8 Å². The maximum Gasteiger partial charge on any atom is 0.291 e. The van der Waals surface area contributed by atoms with E-state index in [1.807, 2.05) is 6.07 Å². The third kappa shape index (κ3) is 1.07. The summed E-state index contributed by atoms with van der Waals surface area (Å²) in [5.41, 5.74) is 0. The molecule has 14 heavy (non-hydrogen) atoms. The van der Waals surface area contributed by atoms with Gasteiger partial charge < -0.3 is 14.3 Å². The molecular formula is C10H7NO3. The second-order valence-electron chi connectivity index (χ2n) is 2.76. The highest BCUT2D eigenvalue weighted by Gasteiger charge is 2.12. The second kappa shape index (κ2) is 2.96. The van der Waals surface area contributed by atoms with Gasteiger partial charge in [0.2, 0.25) is 5.76 Å². The van der Waals surface area contributed by atoms with Crippen LogP contribution in [0.3, 0.4) is 0 Å². The van der Waals surface area contributed by atoms with E-state index in [-0.39, 0.29) is 11.7 Å². The molecule has 1 aromatic heterocycles. The quantitative estimate of drug-likeness (QED) is 0.745. The number of nitriles is 1. The lowest BCUT2D eigenvalue weighted by molar-refractivity contribution is 0.334. The Morgan fingerprint density at radius 2 is 2.21 bits per heavy atom. The van der Waals surface area contributed by atoms with Gasteiger partial charge in [0.05, 0.1) is 12.5 Å². The van der Waals surface area contributed by atoms with E-state index in [4.69, 9.17) is 14.4 Å². The highest BCUT2D eigenvalue weighted by molar-refractivity contribution is 5.91. The monoisotopic (exact) mass is 189 g/mol. The third-order valence-corrected chi connectivity index (χ3v) is 2.00. The number of benzene rings is 1. The molecule has 0 saturated heterocycles. The molecule has 1 heterocycles. The smallest absolute Gasteiger partial charge is 0.291 e. The molecule has 2 rings (SSSR count). The first-order valence-corrected chi connectivity index (χ1v) is 3.96. The summed E-state index contributed by atoms with van der Waals surface area (Å²) in [6.07, 6.45) is 0. The van der Waals surface area contributed by atoms with E-state index in [1.54, 1.807) is 18.2 Å². The van der Waals surface area contributed by atoms with E-state index < -0.39 is 0 Å². The summed E-state index contributed by atoms with van der Waals surface area (Å²) in [4.78, 5) is 0. The van der Waals surface area contributed by atoms with E-state index in [1.165, 1.54) is 7.11 Å². The highest BCUT2D eigenvalue weighted by Crippen LogP contribution is 2.32. The Bertz CT molecular complexity index is 522. The fraction of sp³-hybridized carbons (Fsp3) is 0.100. The van der Waals surface area contributed by atoms with E-state index in [0.29, 0.717) is 16.5 Å². The molecule has 0 radical (unpaired) electrons. The lowest BCUT2D eigenvalue weighted by atomic mass is 10.2. The molecule has 2 aromatic rings. The van der Waals surface area contributed by atoms with E-state index in [2.05, 4.69) is 0 Å². The number of fused-ring (bicyclic) bond motifs is 1. The number of hydrogen-bond acceptors (Lipinski definition) is 4. The lowest BCUT2D eigenvalue weighted by Crippen LogP contribution is -1.81. The van der Waals surface area contributed by atoms with Crippen molar-refractivity contribution in [3.63, 3.8) is 0 Å². The van der Waals surface area contributed by atoms with E-state index in [0.717, 1.165) is 0 Å². The van der Waals surface area contributed by atoms with Crippen LogP contribution in [-0.4, -0.2) is 12.2 Å². The van der Waals surface area contributed by atoms with Gasteiger partial charge in [-0.2, -0.15) is 5.26 Å². The molecule has 0 unspecified atom stereocenters. The largest absolute Gasteiger partial charge is 0.497 e. The van der Waals surface area contributed by atoms with Gasteiger partial charge in [-0.05, 0) is 18.2 Å². The van der Waals surface area contributed by atoms with Gasteiger partial charge in [-0.25, -0.2) is 0 Å². The molecule has 1 aromatic carbocycles. The Morgan fingerprint density at radius 3 is 2.86 bits per heavy atom. The maximum absolute atomic E-state index is 9.33. The van der Waals surface area contributed by atoms with Crippen LogP contribution in [0.25, 0.3) is 10.8 Å². The summed E-state index contributed by atoms with van der Waals surface area (Å²) in [7, 11) is 1.53. The molecule has 0 fully saturated rings. The van der Waals surface area contributed by atoms with Crippen LogP contribution >= 0.6 is 0 Å². The van der Waals surface area contributed by atoms with Gasteiger partial charge >= 0.3 is 0 Å². The van der Waals surface area contributed by atoms with Crippen molar-refractivity contribution in [2.45, 2.75) is 0 Å². The molecule has 4 heteroatoms. The summed E-state index contributed by atoms with van der Waals surface area (Å²) in [5, 5.41) is 19.1. The molecule has 0 aliphatic rings. The van der Waals surface area contributed by atoms with Crippen molar-refractivity contribution >= 4 is 10.8 Å². The van der Waals surface area contributed by atoms with Crippen LogP contribution in [0.2, 0.25) is 0 Å². The molecular weight excluding hydrogens is 182 g/mol. The third-order valence-electron chi connectivity index (χ3n) is 2.00. The van der Waals surface area contributed by atoms with Gasteiger partial charge in [0, 0.05) is 5.39 Å². The molecule has 70 valence electrons. The average molecular weight is 189 g/mol. The molecule has 0 bridgehead atoms. The fourth-order valence-electron chi connectivity index (χ4n) is 1.31. The Labute approximate surface area is 79.9 Å². The zero-order chi connectivity index (χ0) is 10.1. The molecule has 4 nitrogen and oxygen atoms in total. The highest BCUT2D eigenvalue weighted by atomic mass is 16.5. The van der Waals surface area contributed by atoms with Crippen LogP contribution in [0.5, 0.6) is 11.7 Å². The summed E-state index contributed by atoms with van der Waals surface area (Å²) >= 11 is 0. The first-order valence-electron chi connectivity index (χ1n) is 3.96. The van der Waals surface area contributed by atoms with Crippen molar-refractivity contribution in [3.8, 4) is 17.8 Å². The number of furan rings is 1. The van der Waals surface area contributed by atoms with Crippen molar-refractivity contribution in [2.24, 2.45) is 0 Å². The number of aromatic hydroxyl groups is 1. The molecule has 0 amide bonds. The van der Waals surface area contributed by atoms with Crippen molar-refractivity contribution in [3.05, 3.63) is 24.0 Å². The predicted octanol–water partition coefficient (Wildman–Crippen LogP) is 2.02. The van der Waals surface area contributed by atoms with Crippen molar-refractivity contribution in [1.82, 2.24) is 0 Å². The molecule has 0 aliphatic heterocycles. The summed E-state index contributed by atoms with van der Waals surface area (Å²) in [5.74, 6) is 0.477. The summed E-state index contributed by atoms with van der Waals surface area (Å²) in [6, 6.07) is 6.85. The van der Waals surface area contributed by atoms with Gasteiger partial charge in [0.15, 0.2) is 0 Å². The number of rotatable bonds is 1. The standard InChI is InChI=1S/C10H7NO3/c1-13-6-2-3-7-8(4-6)9(5-11)14-10(7)12/h2-4,12H,1H3. The maximum atomic E-state index is 9.33. The minimum Gasteiger partial charge on any atom is -0.497 e. The van der Waals surface area contributed by atoms with Crippen LogP contribution in [0.1, 0.15) is 5.76 Å². The van der Waals surface area contributed by atoms with Crippen molar-refractivity contribution < 1.29 is 14.3 Å². The van der Waals surface area contributed by atoms with Crippen LogP contribution < -0.4 is 4.74 Å². The Kier molecular flexibility index (Phi) is 1.79. The SMILES string of the molecule is COc1ccc2c(O)oc(C#N)c2c1. The Hall–Kier alpha value is -2.15. The molecule has 0 aliphatic carbocycles. The normalized spacial score (nSPS) is 10.0. The first-order chi connectivity index (χ1) is 6.76. The van der Waals surface area contributed by atoms with Gasteiger partial charge in [0.25, 0.3) is 5.95 Å². The molecule has 0 spiro atoms. The topological polar surface area (TPSA) is 66.4 Å². The van der Waals surface area contributed by atoms with Crippen molar-refractivity contribution in [1.29, 1.82) is 5.26 Å². The zero-order valence-electron chi connectivity index (χ0n) is 7.44. The first kappa shape index (κ1) is 8.45. The average Bonchev–Trinajstić information content (AvgIpc) is 2.55. The van der Waals surface area contributed by atoms with Crippen LogP contribution in [0, 0.1) is 11.3 Å². The van der Waals surface area contributed by atoms with Crippen LogP contribution in [-0.2, 0) is 0 Å². The second-order valence-corrected chi connectivity index (χ2v) is 2.76. The lowest BCUT2D eigenvalue weighted by Gasteiger charge is -1.97. The van der Waals surface area contributed by atoms with Gasteiger partial charge in [-0.3, -0.25) is 0 Å². The number of hydrogen-bond donors (Lipinski definition) is 1. The van der Waals surface area contributed by atoms with Gasteiger partial charge in [-0.15, -0.1) is 0 Å². The number of ether oxygens (including phenoxy) is 1. The molecule has 0 saturated carbocycles. The minimum atomic E-state index is -0.237. The van der Waals surface area contributed by atoms with E-state index in [9.17, 15) is 5.11 Å². The Morgan fingerprint density at radius 1 is 1.43 bits per heavy atom. The summed E-state index contributed by atoms with van der Waals surface area (Å²) in [6.45, 7) is 0. The Balaban J connectivity index is 2.79. The van der Waals surface area contributed by atoms with Gasteiger partial charge in [-0.1, -0.05) is 0 Å².